The fourth-order valence-corrected chi connectivity index (χ4v) is 1.16. The predicted molar refractivity (Wildman–Crippen MR) is 41.3 cm³/mol. The molecule has 0 N–H and O–H groups in total. The molecular weight excluding hydrogens is 144 g/mol. The summed E-state index contributed by atoms with van der Waals surface area (Å²) < 4.78 is 15.7. The SMILES string of the molecule is COCC1(C)COC(C)OC1. The van der Waals surface area contributed by atoms with E-state index in [4.69, 9.17) is 14.2 Å². The lowest BCUT2D eigenvalue weighted by Crippen LogP contribution is -2.41. The summed E-state index contributed by atoms with van der Waals surface area (Å²) in [6.45, 7) is 6.15. The molecule has 0 atom stereocenters. The van der Waals surface area contributed by atoms with Crippen LogP contribution < -0.4 is 0 Å². The van der Waals surface area contributed by atoms with Gasteiger partial charge in [0.25, 0.3) is 0 Å². The highest BCUT2D eigenvalue weighted by atomic mass is 16.7. The Kier molecular flexibility index (Phi) is 2.87. The van der Waals surface area contributed by atoms with E-state index in [0.29, 0.717) is 6.61 Å². The second kappa shape index (κ2) is 3.52. The Morgan fingerprint density at radius 2 is 2.00 bits per heavy atom. The van der Waals surface area contributed by atoms with Gasteiger partial charge in [0, 0.05) is 12.5 Å². The number of rotatable bonds is 2. The molecule has 1 rings (SSSR count). The molecular formula is C8H16O3. The molecule has 0 saturated carbocycles. The van der Waals surface area contributed by atoms with Crippen LogP contribution in [0.25, 0.3) is 0 Å². The Balaban J connectivity index is 2.35. The topological polar surface area (TPSA) is 27.7 Å². The van der Waals surface area contributed by atoms with E-state index in [-0.39, 0.29) is 11.7 Å². The van der Waals surface area contributed by atoms with Crippen molar-refractivity contribution in [1.29, 1.82) is 0 Å². The van der Waals surface area contributed by atoms with Crippen LogP contribution in [0.5, 0.6) is 0 Å². The summed E-state index contributed by atoms with van der Waals surface area (Å²) in [5.41, 5.74) is 0.0429. The second-order valence-corrected chi connectivity index (χ2v) is 3.43. The Bertz CT molecular complexity index is 117. The first-order chi connectivity index (χ1) is 5.16. The molecule has 11 heavy (non-hydrogen) atoms. The van der Waals surface area contributed by atoms with Crippen LogP contribution in [0.2, 0.25) is 0 Å². The van der Waals surface area contributed by atoms with Gasteiger partial charge >= 0.3 is 0 Å². The molecule has 3 nitrogen and oxygen atoms in total. The normalized spacial score (nSPS) is 39.0. The van der Waals surface area contributed by atoms with Crippen molar-refractivity contribution in [3.8, 4) is 0 Å². The van der Waals surface area contributed by atoms with Crippen LogP contribution in [0.4, 0.5) is 0 Å². The van der Waals surface area contributed by atoms with E-state index in [1.54, 1.807) is 7.11 Å². The molecule has 0 aliphatic carbocycles. The molecule has 1 aliphatic rings. The van der Waals surface area contributed by atoms with E-state index in [2.05, 4.69) is 6.92 Å². The van der Waals surface area contributed by atoms with E-state index in [1.807, 2.05) is 6.92 Å². The van der Waals surface area contributed by atoms with Gasteiger partial charge in [0.1, 0.15) is 0 Å². The lowest BCUT2D eigenvalue weighted by atomic mass is 9.93. The number of hydrogen-bond donors (Lipinski definition) is 0. The van der Waals surface area contributed by atoms with Gasteiger partial charge in [-0.1, -0.05) is 6.92 Å². The maximum absolute atomic E-state index is 5.34. The average molecular weight is 160 g/mol. The first-order valence-electron chi connectivity index (χ1n) is 3.88. The van der Waals surface area contributed by atoms with Gasteiger partial charge in [-0.25, -0.2) is 0 Å². The van der Waals surface area contributed by atoms with Crippen LogP contribution in [0.1, 0.15) is 13.8 Å². The van der Waals surface area contributed by atoms with Crippen LogP contribution >= 0.6 is 0 Å². The Morgan fingerprint density at radius 1 is 1.45 bits per heavy atom. The van der Waals surface area contributed by atoms with Gasteiger partial charge in [-0.2, -0.15) is 0 Å². The van der Waals surface area contributed by atoms with Gasteiger partial charge in [-0.05, 0) is 6.92 Å². The highest BCUT2D eigenvalue weighted by molar-refractivity contribution is 4.75. The number of ether oxygens (including phenoxy) is 3. The van der Waals surface area contributed by atoms with Gasteiger partial charge in [0.2, 0.25) is 0 Å². The second-order valence-electron chi connectivity index (χ2n) is 3.43. The van der Waals surface area contributed by atoms with Crippen molar-refractivity contribution in [1.82, 2.24) is 0 Å². The molecule has 1 saturated heterocycles. The summed E-state index contributed by atoms with van der Waals surface area (Å²) in [6.07, 6.45) is -0.0556. The molecule has 0 aromatic rings. The Morgan fingerprint density at radius 3 is 2.45 bits per heavy atom. The number of hydrogen-bond acceptors (Lipinski definition) is 3. The zero-order valence-electron chi connectivity index (χ0n) is 7.42. The van der Waals surface area contributed by atoms with Crippen LogP contribution in [0.3, 0.4) is 0 Å². The molecule has 66 valence electrons. The van der Waals surface area contributed by atoms with Crippen molar-refractivity contribution < 1.29 is 14.2 Å². The van der Waals surface area contributed by atoms with E-state index in [0.717, 1.165) is 13.2 Å². The molecule has 1 heterocycles. The molecule has 1 aliphatic heterocycles. The zero-order valence-corrected chi connectivity index (χ0v) is 7.42. The quantitative estimate of drug-likeness (QED) is 0.604. The lowest BCUT2D eigenvalue weighted by molar-refractivity contribution is -0.225. The minimum atomic E-state index is -0.0556. The van der Waals surface area contributed by atoms with Crippen LogP contribution in [0.15, 0.2) is 0 Å². The molecule has 0 aromatic carbocycles. The lowest BCUT2D eigenvalue weighted by Gasteiger charge is -2.35. The molecule has 0 unspecified atom stereocenters. The third-order valence-electron chi connectivity index (χ3n) is 1.83. The predicted octanol–water partition coefficient (Wildman–Crippen LogP) is 1.03. The Labute approximate surface area is 67.6 Å². The monoisotopic (exact) mass is 160 g/mol. The summed E-state index contributed by atoms with van der Waals surface area (Å²) in [5.74, 6) is 0. The smallest absolute Gasteiger partial charge is 0.154 e. The standard InChI is InChI=1S/C8H16O3/c1-7-10-5-8(2,4-9-3)6-11-7/h7H,4-6H2,1-3H3. The zero-order chi connectivity index (χ0) is 8.32. The average Bonchev–Trinajstić information content (AvgIpc) is 1.97. The van der Waals surface area contributed by atoms with Gasteiger partial charge < -0.3 is 14.2 Å². The maximum Gasteiger partial charge on any atom is 0.154 e. The first kappa shape index (κ1) is 8.97. The van der Waals surface area contributed by atoms with Crippen LogP contribution in [-0.2, 0) is 14.2 Å². The molecule has 0 radical (unpaired) electrons. The molecule has 1 fully saturated rings. The summed E-state index contributed by atoms with van der Waals surface area (Å²) in [7, 11) is 1.70. The highest BCUT2D eigenvalue weighted by Crippen LogP contribution is 2.23. The summed E-state index contributed by atoms with van der Waals surface area (Å²) >= 11 is 0. The molecule has 0 spiro atoms. The third-order valence-corrected chi connectivity index (χ3v) is 1.83. The van der Waals surface area contributed by atoms with Crippen molar-refractivity contribution in [3.05, 3.63) is 0 Å². The van der Waals surface area contributed by atoms with Crippen molar-refractivity contribution in [2.45, 2.75) is 20.1 Å². The maximum atomic E-state index is 5.34. The fraction of sp³-hybridized carbons (Fsp3) is 1.00. The van der Waals surface area contributed by atoms with Gasteiger partial charge in [0.15, 0.2) is 6.29 Å². The van der Waals surface area contributed by atoms with E-state index in [1.165, 1.54) is 0 Å². The van der Waals surface area contributed by atoms with Gasteiger partial charge in [0.05, 0.1) is 19.8 Å². The minimum Gasteiger partial charge on any atom is -0.384 e. The van der Waals surface area contributed by atoms with Crippen LogP contribution in [0, 0.1) is 5.41 Å². The highest BCUT2D eigenvalue weighted by Gasteiger charge is 2.30. The van der Waals surface area contributed by atoms with Crippen LogP contribution in [-0.4, -0.2) is 33.2 Å². The van der Waals surface area contributed by atoms with Crippen molar-refractivity contribution >= 4 is 0 Å². The van der Waals surface area contributed by atoms with Crippen molar-refractivity contribution in [2.75, 3.05) is 26.9 Å². The fourth-order valence-electron chi connectivity index (χ4n) is 1.16. The van der Waals surface area contributed by atoms with Crippen molar-refractivity contribution in [3.63, 3.8) is 0 Å². The summed E-state index contributed by atoms with van der Waals surface area (Å²) in [5, 5.41) is 0. The number of methoxy groups -OCH3 is 1. The molecule has 0 bridgehead atoms. The van der Waals surface area contributed by atoms with Crippen molar-refractivity contribution in [2.24, 2.45) is 5.41 Å². The summed E-state index contributed by atoms with van der Waals surface area (Å²) in [4.78, 5) is 0. The summed E-state index contributed by atoms with van der Waals surface area (Å²) in [6, 6.07) is 0. The first-order valence-corrected chi connectivity index (χ1v) is 3.88. The minimum absolute atomic E-state index is 0.0429. The van der Waals surface area contributed by atoms with E-state index >= 15 is 0 Å². The molecule has 0 aromatic heterocycles. The van der Waals surface area contributed by atoms with Gasteiger partial charge in [-0.3, -0.25) is 0 Å². The third kappa shape index (κ3) is 2.43. The van der Waals surface area contributed by atoms with E-state index in [9.17, 15) is 0 Å². The molecule has 0 amide bonds. The van der Waals surface area contributed by atoms with E-state index < -0.39 is 0 Å². The Hall–Kier alpha value is -0.120. The molecule has 3 heteroatoms. The largest absolute Gasteiger partial charge is 0.384 e. The van der Waals surface area contributed by atoms with Gasteiger partial charge in [-0.15, -0.1) is 0 Å².